The first-order valence-corrected chi connectivity index (χ1v) is 7.31. The van der Waals surface area contributed by atoms with E-state index in [1.54, 1.807) is 0 Å². The van der Waals surface area contributed by atoms with Crippen molar-refractivity contribution in [1.29, 1.82) is 5.26 Å². The minimum atomic E-state index is -0.727. The third kappa shape index (κ3) is 2.25. The topological polar surface area (TPSA) is 40.9 Å². The number of nitriles is 1. The molecule has 0 saturated heterocycles. The Bertz CT molecular complexity index is 630. The van der Waals surface area contributed by atoms with E-state index in [0.29, 0.717) is 12.8 Å². The summed E-state index contributed by atoms with van der Waals surface area (Å²) in [5, 5.41) is 10.1. The van der Waals surface area contributed by atoms with E-state index in [2.05, 4.69) is 6.07 Å². The third-order valence-electron chi connectivity index (χ3n) is 4.49. The molecule has 0 aliphatic heterocycles. The number of carbonyl (C=O) groups is 1. The van der Waals surface area contributed by atoms with E-state index in [1.807, 2.05) is 60.7 Å². The van der Waals surface area contributed by atoms with Gasteiger partial charge in [0.2, 0.25) is 0 Å². The van der Waals surface area contributed by atoms with Crippen LogP contribution in [0.15, 0.2) is 60.7 Å². The Balaban J connectivity index is 2.19. The fourth-order valence-electron chi connectivity index (χ4n) is 3.44. The van der Waals surface area contributed by atoms with Gasteiger partial charge in [-0.25, -0.2) is 0 Å². The molecule has 21 heavy (non-hydrogen) atoms. The van der Waals surface area contributed by atoms with E-state index in [-0.39, 0.29) is 11.7 Å². The second-order valence-corrected chi connectivity index (χ2v) is 5.63. The van der Waals surface area contributed by atoms with E-state index < -0.39 is 5.41 Å². The predicted octanol–water partition coefficient (Wildman–Crippen LogP) is 3.87. The SMILES string of the molecule is N#CC(c1ccccc1)(c1ccccc1)C1CCC(=O)C1. The highest BCUT2D eigenvalue weighted by atomic mass is 16.1. The summed E-state index contributed by atoms with van der Waals surface area (Å²) < 4.78 is 0. The van der Waals surface area contributed by atoms with Crippen LogP contribution in [-0.2, 0) is 10.2 Å². The Hall–Kier alpha value is -2.40. The molecule has 0 heterocycles. The van der Waals surface area contributed by atoms with Crippen molar-refractivity contribution >= 4 is 5.78 Å². The summed E-state index contributed by atoms with van der Waals surface area (Å²) in [6.45, 7) is 0. The number of rotatable bonds is 3. The summed E-state index contributed by atoms with van der Waals surface area (Å²) in [5.41, 5.74) is 1.24. The maximum absolute atomic E-state index is 11.8. The van der Waals surface area contributed by atoms with Gasteiger partial charge in [0, 0.05) is 12.8 Å². The van der Waals surface area contributed by atoms with E-state index in [9.17, 15) is 10.1 Å². The first-order valence-electron chi connectivity index (χ1n) is 7.31. The molecule has 2 aromatic rings. The molecule has 1 aliphatic carbocycles. The van der Waals surface area contributed by atoms with Gasteiger partial charge in [-0.05, 0) is 23.5 Å². The van der Waals surface area contributed by atoms with Crippen molar-refractivity contribution in [2.24, 2.45) is 5.92 Å². The van der Waals surface area contributed by atoms with Crippen molar-refractivity contribution in [3.05, 3.63) is 71.8 Å². The number of ketones is 1. The summed E-state index contributed by atoms with van der Waals surface area (Å²) in [5.74, 6) is 0.325. The molecule has 2 nitrogen and oxygen atoms in total. The molecule has 1 saturated carbocycles. The van der Waals surface area contributed by atoms with Gasteiger partial charge in [-0.1, -0.05) is 60.7 Å². The van der Waals surface area contributed by atoms with Crippen LogP contribution in [0, 0.1) is 17.2 Å². The van der Waals surface area contributed by atoms with Gasteiger partial charge in [0.15, 0.2) is 0 Å². The van der Waals surface area contributed by atoms with E-state index in [4.69, 9.17) is 0 Å². The van der Waals surface area contributed by atoms with Crippen LogP contribution in [0.5, 0.6) is 0 Å². The van der Waals surface area contributed by atoms with Gasteiger partial charge in [-0.15, -0.1) is 0 Å². The van der Waals surface area contributed by atoms with Gasteiger partial charge in [0.1, 0.15) is 11.2 Å². The normalized spacial score (nSPS) is 18.4. The van der Waals surface area contributed by atoms with Crippen LogP contribution in [0.2, 0.25) is 0 Å². The molecular formula is C19H17NO. The van der Waals surface area contributed by atoms with Crippen molar-refractivity contribution in [3.8, 4) is 6.07 Å². The largest absolute Gasteiger partial charge is 0.300 e. The van der Waals surface area contributed by atoms with Gasteiger partial charge in [0.25, 0.3) is 0 Å². The fraction of sp³-hybridized carbons (Fsp3) is 0.263. The smallest absolute Gasteiger partial charge is 0.133 e. The highest BCUT2D eigenvalue weighted by molar-refractivity contribution is 5.81. The Labute approximate surface area is 125 Å². The van der Waals surface area contributed by atoms with E-state index in [1.165, 1.54) is 0 Å². The maximum Gasteiger partial charge on any atom is 0.133 e. The van der Waals surface area contributed by atoms with Gasteiger partial charge in [0.05, 0.1) is 6.07 Å². The number of benzene rings is 2. The molecule has 104 valence electrons. The molecule has 0 bridgehead atoms. The van der Waals surface area contributed by atoms with Gasteiger partial charge in [-0.3, -0.25) is 4.79 Å². The van der Waals surface area contributed by atoms with Crippen LogP contribution in [0.4, 0.5) is 0 Å². The van der Waals surface area contributed by atoms with Crippen LogP contribution in [-0.4, -0.2) is 5.78 Å². The lowest BCUT2D eigenvalue weighted by molar-refractivity contribution is -0.117. The Kier molecular flexibility index (Phi) is 3.58. The van der Waals surface area contributed by atoms with Crippen molar-refractivity contribution in [1.82, 2.24) is 0 Å². The quantitative estimate of drug-likeness (QED) is 0.853. The monoisotopic (exact) mass is 275 g/mol. The molecule has 0 aromatic heterocycles. The summed E-state index contributed by atoms with van der Waals surface area (Å²) >= 11 is 0. The minimum Gasteiger partial charge on any atom is -0.300 e. The molecular weight excluding hydrogens is 258 g/mol. The first kappa shape index (κ1) is 13.6. The van der Waals surface area contributed by atoms with Crippen molar-refractivity contribution in [2.45, 2.75) is 24.7 Å². The standard InChI is InChI=1S/C19H17NO/c20-14-19(15-7-3-1-4-8-15,16-9-5-2-6-10-16)17-11-12-18(21)13-17/h1-10,17H,11-13H2. The molecule has 2 heteroatoms. The lowest BCUT2D eigenvalue weighted by atomic mass is 9.66. The molecule has 2 aromatic carbocycles. The lowest BCUT2D eigenvalue weighted by Crippen LogP contribution is -2.34. The zero-order valence-electron chi connectivity index (χ0n) is 11.8. The van der Waals surface area contributed by atoms with Crippen molar-refractivity contribution < 1.29 is 4.79 Å². The second-order valence-electron chi connectivity index (χ2n) is 5.63. The summed E-state index contributed by atoms with van der Waals surface area (Å²) in [6.07, 6.45) is 1.88. The molecule has 0 spiro atoms. The third-order valence-corrected chi connectivity index (χ3v) is 4.49. The van der Waals surface area contributed by atoms with Gasteiger partial charge < -0.3 is 0 Å². The average Bonchev–Trinajstić information content (AvgIpc) is 2.98. The molecule has 1 aliphatic rings. The number of nitrogens with zero attached hydrogens (tertiary/aromatic N) is 1. The van der Waals surface area contributed by atoms with Crippen LogP contribution in [0.25, 0.3) is 0 Å². The molecule has 0 N–H and O–H groups in total. The zero-order valence-corrected chi connectivity index (χ0v) is 11.8. The first-order chi connectivity index (χ1) is 10.3. The minimum absolute atomic E-state index is 0.0554. The Morgan fingerprint density at radius 2 is 1.48 bits per heavy atom. The number of carbonyl (C=O) groups excluding carboxylic acids is 1. The van der Waals surface area contributed by atoms with E-state index in [0.717, 1.165) is 17.5 Å². The van der Waals surface area contributed by atoms with Crippen molar-refractivity contribution in [3.63, 3.8) is 0 Å². The molecule has 0 amide bonds. The van der Waals surface area contributed by atoms with Crippen LogP contribution < -0.4 is 0 Å². The Morgan fingerprint density at radius 3 is 1.86 bits per heavy atom. The summed E-state index contributed by atoms with van der Waals surface area (Å²) in [7, 11) is 0. The number of Topliss-reactive ketones (excluding diaryl/α,β-unsaturated/α-hetero) is 1. The number of hydrogen-bond acceptors (Lipinski definition) is 2. The van der Waals surface area contributed by atoms with Crippen LogP contribution in [0.3, 0.4) is 0 Å². The molecule has 1 atom stereocenters. The summed E-state index contributed by atoms with van der Waals surface area (Å²) in [6, 6.07) is 22.3. The molecule has 0 radical (unpaired) electrons. The fourth-order valence-corrected chi connectivity index (χ4v) is 3.44. The summed E-state index contributed by atoms with van der Waals surface area (Å²) in [4.78, 5) is 11.8. The zero-order chi connectivity index (χ0) is 14.7. The second kappa shape index (κ2) is 5.54. The van der Waals surface area contributed by atoms with Crippen LogP contribution >= 0.6 is 0 Å². The van der Waals surface area contributed by atoms with Crippen LogP contribution in [0.1, 0.15) is 30.4 Å². The highest BCUT2D eigenvalue weighted by Gasteiger charge is 2.45. The Morgan fingerprint density at radius 1 is 0.952 bits per heavy atom. The van der Waals surface area contributed by atoms with Crippen molar-refractivity contribution in [2.75, 3.05) is 0 Å². The highest BCUT2D eigenvalue weighted by Crippen LogP contribution is 2.45. The molecule has 3 rings (SSSR count). The number of hydrogen-bond donors (Lipinski definition) is 0. The maximum atomic E-state index is 11.8. The average molecular weight is 275 g/mol. The van der Waals surface area contributed by atoms with Gasteiger partial charge >= 0.3 is 0 Å². The lowest BCUT2D eigenvalue weighted by Gasteiger charge is -2.33. The predicted molar refractivity (Wildman–Crippen MR) is 81.6 cm³/mol. The molecule has 1 unspecified atom stereocenters. The van der Waals surface area contributed by atoms with E-state index >= 15 is 0 Å². The molecule has 1 fully saturated rings. The van der Waals surface area contributed by atoms with Gasteiger partial charge in [-0.2, -0.15) is 5.26 Å².